The van der Waals surface area contributed by atoms with Crippen molar-refractivity contribution >= 4 is 11.6 Å². The van der Waals surface area contributed by atoms with Crippen LogP contribution < -0.4 is 19.8 Å². The molecule has 3 aromatic rings. The van der Waals surface area contributed by atoms with Crippen LogP contribution in [0.4, 0.5) is 0 Å². The second kappa shape index (κ2) is 7.09. The number of pyridine rings is 2. The van der Waals surface area contributed by atoms with Crippen molar-refractivity contribution in [1.82, 2.24) is 9.55 Å². The lowest BCUT2D eigenvalue weighted by Gasteiger charge is -2.10. The van der Waals surface area contributed by atoms with Gasteiger partial charge >= 0.3 is 0 Å². The summed E-state index contributed by atoms with van der Waals surface area (Å²) in [5.74, 6) is 1.74. The van der Waals surface area contributed by atoms with Crippen LogP contribution in [-0.2, 0) is 13.2 Å². The standard InChI is InChI=1S/C19H15ClN2O4/c20-16-9-18-17(25-12-26-18)7-13(16)10-22-6-4-15(8-19(22)23)24-11-14-3-1-2-5-21-14/h1-9H,10-12H2. The van der Waals surface area contributed by atoms with Crippen LogP contribution >= 0.6 is 11.6 Å². The van der Waals surface area contributed by atoms with Crippen molar-refractivity contribution in [2.24, 2.45) is 0 Å². The maximum atomic E-state index is 12.4. The summed E-state index contributed by atoms with van der Waals surface area (Å²) < 4.78 is 17.8. The molecule has 7 heteroatoms. The van der Waals surface area contributed by atoms with Crippen LogP contribution in [0.2, 0.25) is 5.02 Å². The number of hydrogen-bond donors (Lipinski definition) is 0. The number of benzene rings is 1. The molecule has 0 spiro atoms. The van der Waals surface area contributed by atoms with Crippen LogP contribution in [0, 0.1) is 0 Å². The topological polar surface area (TPSA) is 62.6 Å². The third-order valence-corrected chi connectivity index (χ3v) is 4.31. The van der Waals surface area contributed by atoms with Gasteiger partial charge < -0.3 is 18.8 Å². The molecule has 132 valence electrons. The van der Waals surface area contributed by atoms with E-state index in [4.69, 9.17) is 25.8 Å². The minimum Gasteiger partial charge on any atom is -0.487 e. The number of nitrogens with zero attached hydrogens (tertiary/aromatic N) is 2. The van der Waals surface area contributed by atoms with Crippen LogP contribution in [0.3, 0.4) is 0 Å². The van der Waals surface area contributed by atoms with Crippen molar-refractivity contribution in [3.8, 4) is 17.2 Å². The zero-order chi connectivity index (χ0) is 17.9. The smallest absolute Gasteiger partial charge is 0.254 e. The molecule has 0 saturated carbocycles. The fraction of sp³-hybridized carbons (Fsp3) is 0.158. The highest BCUT2D eigenvalue weighted by Gasteiger charge is 2.17. The Bertz CT molecular complexity index is 989. The van der Waals surface area contributed by atoms with Gasteiger partial charge in [0.15, 0.2) is 11.5 Å². The monoisotopic (exact) mass is 370 g/mol. The summed E-state index contributed by atoms with van der Waals surface area (Å²) in [5.41, 5.74) is 1.39. The molecule has 0 atom stereocenters. The summed E-state index contributed by atoms with van der Waals surface area (Å²) in [7, 11) is 0. The van der Waals surface area contributed by atoms with Crippen molar-refractivity contribution in [3.05, 3.63) is 81.5 Å². The van der Waals surface area contributed by atoms with E-state index in [0.717, 1.165) is 11.3 Å². The molecular weight excluding hydrogens is 356 g/mol. The molecule has 1 aliphatic rings. The number of fused-ring (bicyclic) bond motifs is 1. The van der Waals surface area contributed by atoms with Gasteiger partial charge in [-0.1, -0.05) is 17.7 Å². The van der Waals surface area contributed by atoms with Gasteiger partial charge in [-0.05, 0) is 29.8 Å². The van der Waals surface area contributed by atoms with Crippen LogP contribution in [-0.4, -0.2) is 16.3 Å². The van der Waals surface area contributed by atoms with E-state index in [1.165, 1.54) is 6.07 Å². The lowest BCUT2D eigenvalue weighted by Crippen LogP contribution is -2.19. The van der Waals surface area contributed by atoms with E-state index in [-0.39, 0.29) is 12.4 Å². The van der Waals surface area contributed by atoms with E-state index in [2.05, 4.69) is 4.98 Å². The Morgan fingerprint density at radius 3 is 2.77 bits per heavy atom. The van der Waals surface area contributed by atoms with Gasteiger partial charge in [0, 0.05) is 29.5 Å². The molecule has 1 aromatic carbocycles. The first-order valence-corrected chi connectivity index (χ1v) is 8.38. The van der Waals surface area contributed by atoms with Gasteiger partial charge in [0.25, 0.3) is 5.56 Å². The van der Waals surface area contributed by atoms with Crippen LogP contribution in [0.25, 0.3) is 0 Å². The number of halogens is 1. The Hall–Kier alpha value is -2.99. The summed E-state index contributed by atoms with van der Waals surface area (Å²) >= 11 is 6.28. The first-order chi connectivity index (χ1) is 12.7. The second-order valence-corrected chi connectivity index (χ2v) is 6.14. The summed E-state index contributed by atoms with van der Waals surface area (Å²) in [6, 6.07) is 12.3. The van der Waals surface area contributed by atoms with Gasteiger partial charge in [0.05, 0.1) is 12.2 Å². The van der Waals surface area contributed by atoms with Crippen LogP contribution in [0.1, 0.15) is 11.3 Å². The lowest BCUT2D eigenvalue weighted by atomic mass is 10.2. The average Bonchev–Trinajstić information content (AvgIpc) is 3.10. The van der Waals surface area contributed by atoms with E-state index < -0.39 is 0 Å². The molecule has 0 aliphatic carbocycles. The number of ether oxygens (including phenoxy) is 3. The van der Waals surface area contributed by atoms with E-state index in [0.29, 0.717) is 35.4 Å². The van der Waals surface area contributed by atoms with Gasteiger partial charge in [-0.15, -0.1) is 0 Å². The molecule has 2 aromatic heterocycles. The van der Waals surface area contributed by atoms with E-state index >= 15 is 0 Å². The van der Waals surface area contributed by atoms with Gasteiger partial charge in [0.1, 0.15) is 12.4 Å². The zero-order valence-corrected chi connectivity index (χ0v) is 14.5. The molecule has 0 saturated heterocycles. The van der Waals surface area contributed by atoms with Crippen LogP contribution in [0.5, 0.6) is 17.2 Å². The molecule has 0 radical (unpaired) electrons. The van der Waals surface area contributed by atoms with Gasteiger partial charge in [0.2, 0.25) is 6.79 Å². The molecule has 0 N–H and O–H groups in total. The number of aromatic nitrogens is 2. The fourth-order valence-electron chi connectivity index (χ4n) is 2.61. The van der Waals surface area contributed by atoms with E-state index in [1.54, 1.807) is 35.2 Å². The number of rotatable bonds is 5. The van der Waals surface area contributed by atoms with Crippen molar-refractivity contribution < 1.29 is 14.2 Å². The molecule has 0 unspecified atom stereocenters. The Kier molecular flexibility index (Phi) is 4.50. The highest BCUT2D eigenvalue weighted by molar-refractivity contribution is 6.31. The third-order valence-electron chi connectivity index (χ3n) is 3.96. The molecule has 0 amide bonds. The quantitative estimate of drug-likeness (QED) is 0.690. The first-order valence-electron chi connectivity index (χ1n) is 8.00. The van der Waals surface area contributed by atoms with Gasteiger partial charge in [-0.3, -0.25) is 9.78 Å². The summed E-state index contributed by atoms with van der Waals surface area (Å²) in [4.78, 5) is 16.6. The minimum atomic E-state index is -0.183. The highest BCUT2D eigenvalue weighted by Crippen LogP contribution is 2.36. The highest BCUT2D eigenvalue weighted by atomic mass is 35.5. The Morgan fingerprint density at radius 2 is 2.00 bits per heavy atom. The predicted octanol–water partition coefficient (Wildman–Crippen LogP) is 3.25. The Morgan fingerprint density at radius 1 is 1.15 bits per heavy atom. The van der Waals surface area contributed by atoms with Gasteiger partial charge in [-0.25, -0.2) is 0 Å². The van der Waals surface area contributed by atoms with Crippen molar-refractivity contribution in [2.75, 3.05) is 6.79 Å². The zero-order valence-electron chi connectivity index (χ0n) is 13.7. The molecule has 4 rings (SSSR count). The molecule has 3 heterocycles. The molecule has 1 aliphatic heterocycles. The Balaban J connectivity index is 1.49. The third kappa shape index (κ3) is 3.50. The van der Waals surface area contributed by atoms with Gasteiger partial charge in [-0.2, -0.15) is 0 Å². The largest absolute Gasteiger partial charge is 0.487 e. The maximum Gasteiger partial charge on any atom is 0.254 e. The molecule has 26 heavy (non-hydrogen) atoms. The van der Waals surface area contributed by atoms with Crippen molar-refractivity contribution in [2.45, 2.75) is 13.2 Å². The van der Waals surface area contributed by atoms with Crippen molar-refractivity contribution in [3.63, 3.8) is 0 Å². The minimum absolute atomic E-state index is 0.178. The molecular formula is C19H15ClN2O4. The average molecular weight is 371 g/mol. The summed E-state index contributed by atoms with van der Waals surface area (Å²) in [5, 5.41) is 0.525. The lowest BCUT2D eigenvalue weighted by molar-refractivity contribution is 0.174. The van der Waals surface area contributed by atoms with E-state index in [1.807, 2.05) is 18.2 Å². The fourth-order valence-corrected chi connectivity index (χ4v) is 2.83. The normalized spacial score (nSPS) is 12.2. The predicted molar refractivity (Wildman–Crippen MR) is 95.9 cm³/mol. The molecule has 6 nitrogen and oxygen atoms in total. The van der Waals surface area contributed by atoms with Crippen molar-refractivity contribution in [1.29, 1.82) is 0 Å². The summed E-state index contributed by atoms with van der Waals surface area (Å²) in [6.45, 7) is 0.810. The maximum absolute atomic E-state index is 12.4. The Labute approximate surface area is 154 Å². The molecule has 0 bridgehead atoms. The first kappa shape index (κ1) is 16.5. The summed E-state index contributed by atoms with van der Waals surface area (Å²) in [6.07, 6.45) is 3.38. The second-order valence-electron chi connectivity index (χ2n) is 5.74. The molecule has 0 fully saturated rings. The van der Waals surface area contributed by atoms with Crippen LogP contribution in [0.15, 0.2) is 59.7 Å². The SMILES string of the molecule is O=c1cc(OCc2ccccn2)ccn1Cc1cc2c(cc1Cl)OCO2. The number of hydrogen-bond acceptors (Lipinski definition) is 5. The van der Waals surface area contributed by atoms with E-state index in [9.17, 15) is 4.79 Å².